The molecule has 1 heterocycles. The van der Waals surface area contributed by atoms with Crippen molar-refractivity contribution in [3.05, 3.63) is 35.1 Å². The first kappa shape index (κ1) is 11.6. The van der Waals surface area contributed by atoms with Gasteiger partial charge in [0.15, 0.2) is 0 Å². The Hall–Kier alpha value is -0.930. The minimum Gasteiger partial charge on any atom is -0.365 e. The molecule has 0 radical (unpaired) electrons. The van der Waals surface area contributed by atoms with Crippen LogP contribution in [0.4, 0.5) is 4.39 Å². The van der Waals surface area contributed by atoms with Crippen LogP contribution in [0, 0.1) is 12.7 Å². The Morgan fingerprint density at radius 3 is 2.88 bits per heavy atom. The summed E-state index contributed by atoms with van der Waals surface area (Å²) in [6.07, 6.45) is -0.191. The number of benzene rings is 1. The Morgan fingerprint density at radius 2 is 2.19 bits per heavy atom. The van der Waals surface area contributed by atoms with Crippen molar-refractivity contribution in [1.29, 1.82) is 0 Å². The SMILES string of the molecule is Cc1ccc(F)c(C2CNCC(C)(C)O2)c1. The molecule has 1 aliphatic heterocycles. The van der Waals surface area contributed by atoms with Gasteiger partial charge in [0.2, 0.25) is 0 Å². The Bertz CT molecular complexity index is 390. The van der Waals surface area contributed by atoms with Crippen LogP contribution in [0.5, 0.6) is 0 Å². The maximum atomic E-state index is 13.7. The molecule has 2 rings (SSSR count). The van der Waals surface area contributed by atoms with E-state index in [-0.39, 0.29) is 17.5 Å². The average molecular weight is 223 g/mol. The lowest BCUT2D eigenvalue weighted by molar-refractivity contribution is -0.0970. The van der Waals surface area contributed by atoms with Crippen LogP contribution in [-0.2, 0) is 4.74 Å². The number of ether oxygens (including phenoxy) is 1. The van der Waals surface area contributed by atoms with Gasteiger partial charge >= 0.3 is 0 Å². The molecule has 1 aromatic rings. The van der Waals surface area contributed by atoms with E-state index in [1.165, 1.54) is 6.07 Å². The maximum Gasteiger partial charge on any atom is 0.129 e. The molecular formula is C13H18FNO. The summed E-state index contributed by atoms with van der Waals surface area (Å²) in [7, 11) is 0. The number of halogens is 1. The van der Waals surface area contributed by atoms with Gasteiger partial charge in [0.1, 0.15) is 5.82 Å². The van der Waals surface area contributed by atoms with Crippen LogP contribution in [-0.4, -0.2) is 18.7 Å². The van der Waals surface area contributed by atoms with Gasteiger partial charge in [0, 0.05) is 18.7 Å². The highest BCUT2D eigenvalue weighted by atomic mass is 19.1. The van der Waals surface area contributed by atoms with Crippen LogP contribution in [0.1, 0.15) is 31.1 Å². The van der Waals surface area contributed by atoms with Crippen molar-refractivity contribution in [3.63, 3.8) is 0 Å². The predicted molar refractivity (Wildman–Crippen MR) is 61.9 cm³/mol. The van der Waals surface area contributed by atoms with E-state index in [2.05, 4.69) is 5.32 Å². The van der Waals surface area contributed by atoms with E-state index in [4.69, 9.17) is 4.74 Å². The number of hydrogen-bond donors (Lipinski definition) is 1. The third-order valence-electron chi connectivity index (χ3n) is 2.84. The smallest absolute Gasteiger partial charge is 0.129 e. The molecule has 1 atom stereocenters. The molecule has 1 unspecified atom stereocenters. The average Bonchev–Trinajstić information content (AvgIpc) is 2.20. The summed E-state index contributed by atoms with van der Waals surface area (Å²) in [5.74, 6) is -0.185. The number of hydrogen-bond acceptors (Lipinski definition) is 2. The van der Waals surface area contributed by atoms with Gasteiger partial charge in [-0.3, -0.25) is 0 Å². The summed E-state index contributed by atoms with van der Waals surface area (Å²) < 4.78 is 19.6. The summed E-state index contributed by atoms with van der Waals surface area (Å²) in [4.78, 5) is 0. The van der Waals surface area contributed by atoms with Crippen molar-refractivity contribution in [2.75, 3.05) is 13.1 Å². The third kappa shape index (κ3) is 2.42. The zero-order valence-electron chi connectivity index (χ0n) is 10.0. The van der Waals surface area contributed by atoms with Crippen molar-refractivity contribution >= 4 is 0 Å². The Kier molecular flexibility index (Phi) is 3.00. The summed E-state index contributed by atoms with van der Waals surface area (Å²) in [5.41, 5.74) is 1.47. The maximum absolute atomic E-state index is 13.7. The molecule has 88 valence electrons. The summed E-state index contributed by atoms with van der Waals surface area (Å²) >= 11 is 0. The molecule has 0 aliphatic carbocycles. The monoisotopic (exact) mass is 223 g/mol. The number of nitrogens with one attached hydrogen (secondary N) is 1. The summed E-state index contributed by atoms with van der Waals surface area (Å²) in [5, 5.41) is 3.28. The first-order valence-electron chi connectivity index (χ1n) is 5.62. The van der Waals surface area contributed by atoms with Crippen molar-refractivity contribution in [3.8, 4) is 0 Å². The third-order valence-corrected chi connectivity index (χ3v) is 2.84. The lowest BCUT2D eigenvalue weighted by Gasteiger charge is -2.37. The second-order valence-electron chi connectivity index (χ2n) is 5.02. The number of rotatable bonds is 1. The fraction of sp³-hybridized carbons (Fsp3) is 0.538. The van der Waals surface area contributed by atoms with E-state index < -0.39 is 0 Å². The molecule has 3 heteroatoms. The Morgan fingerprint density at radius 1 is 1.44 bits per heavy atom. The van der Waals surface area contributed by atoms with Crippen molar-refractivity contribution < 1.29 is 9.13 Å². The Labute approximate surface area is 95.8 Å². The van der Waals surface area contributed by atoms with Gasteiger partial charge in [-0.2, -0.15) is 0 Å². The molecule has 1 fully saturated rings. The quantitative estimate of drug-likeness (QED) is 0.790. The predicted octanol–water partition coefficient (Wildman–Crippen LogP) is 2.57. The molecule has 1 aromatic carbocycles. The van der Waals surface area contributed by atoms with E-state index in [1.54, 1.807) is 6.07 Å². The molecule has 1 N–H and O–H groups in total. The number of morpholine rings is 1. The highest BCUT2D eigenvalue weighted by Gasteiger charge is 2.30. The van der Waals surface area contributed by atoms with E-state index in [0.29, 0.717) is 12.1 Å². The van der Waals surface area contributed by atoms with E-state index in [1.807, 2.05) is 26.8 Å². The second kappa shape index (κ2) is 4.15. The second-order valence-corrected chi connectivity index (χ2v) is 5.02. The van der Waals surface area contributed by atoms with Crippen molar-refractivity contribution in [2.45, 2.75) is 32.5 Å². The van der Waals surface area contributed by atoms with Crippen LogP contribution in [0.3, 0.4) is 0 Å². The first-order chi connectivity index (χ1) is 7.48. The van der Waals surface area contributed by atoms with Crippen LogP contribution < -0.4 is 5.32 Å². The molecule has 0 saturated carbocycles. The van der Waals surface area contributed by atoms with E-state index in [0.717, 1.165) is 12.1 Å². The van der Waals surface area contributed by atoms with Gasteiger partial charge in [-0.1, -0.05) is 17.7 Å². The summed E-state index contributed by atoms with van der Waals surface area (Å²) in [6.45, 7) is 7.46. The zero-order valence-corrected chi connectivity index (χ0v) is 10.0. The van der Waals surface area contributed by atoms with Gasteiger partial charge in [0.25, 0.3) is 0 Å². The molecule has 0 bridgehead atoms. The molecule has 2 nitrogen and oxygen atoms in total. The van der Waals surface area contributed by atoms with E-state index >= 15 is 0 Å². The van der Waals surface area contributed by atoms with Gasteiger partial charge in [0.05, 0.1) is 11.7 Å². The summed E-state index contributed by atoms with van der Waals surface area (Å²) in [6, 6.07) is 5.15. The van der Waals surface area contributed by atoms with Gasteiger partial charge in [-0.25, -0.2) is 4.39 Å². The Balaban J connectivity index is 2.26. The normalized spacial score (nSPS) is 24.4. The lowest BCUT2D eigenvalue weighted by atomic mass is 10.0. The molecule has 1 saturated heterocycles. The molecule has 1 aliphatic rings. The molecule has 16 heavy (non-hydrogen) atoms. The largest absolute Gasteiger partial charge is 0.365 e. The topological polar surface area (TPSA) is 21.3 Å². The van der Waals surface area contributed by atoms with Crippen LogP contribution in [0.15, 0.2) is 18.2 Å². The first-order valence-corrected chi connectivity index (χ1v) is 5.62. The van der Waals surface area contributed by atoms with Crippen LogP contribution in [0.2, 0.25) is 0 Å². The van der Waals surface area contributed by atoms with Gasteiger partial charge in [-0.15, -0.1) is 0 Å². The van der Waals surface area contributed by atoms with Crippen LogP contribution in [0.25, 0.3) is 0 Å². The van der Waals surface area contributed by atoms with Gasteiger partial charge in [-0.05, 0) is 26.8 Å². The fourth-order valence-corrected chi connectivity index (χ4v) is 2.06. The van der Waals surface area contributed by atoms with Crippen molar-refractivity contribution in [1.82, 2.24) is 5.32 Å². The molecule has 0 spiro atoms. The van der Waals surface area contributed by atoms with Gasteiger partial charge < -0.3 is 10.1 Å². The number of aryl methyl sites for hydroxylation is 1. The highest BCUT2D eigenvalue weighted by molar-refractivity contribution is 5.26. The molecular weight excluding hydrogens is 205 g/mol. The minimum absolute atomic E-state index is 0.185. The lowest BCUT2D eigenvalue weighted by Crippen LogP contribution is -2.47. The highest BCUT2D eigenvalue weighted by Crippen LogP contribution is 2.28. The molecule has 0 aromatic heterocycles. The van der Waals surface area contributed by atoms with E-state index in [9.17, 15) is 4.39 Å². The minimum atomic E-state index is -0.237. The molecule has 0 amide bonds. The standard InChI is InChI=1S/C13H18FNO/c1-9-4-5-11(14)10(6-9)12-7-15-8-13(2,3)16-12/h4-6,12,15H,7-8H2,1-3H3. The van der Waals surface area contributed by atoms with Crippen LogP contribution >= 0.6 is 0 Å². The van der Waals surface area contributed by atoms with Crippen molar-refractivity contribution in [2.24, 2.45) is 0 Å². The fourth-order valence-electron chi connectivity index (χ4n) is 2.06. The zero-order chi connectivity index (χ0) is 11.8.